The summed E-state index contributed by atoms with van der Waals surface area (Å²) in [5.41, 5.74) is 2.64. The van der Waals surface area contributed by atoms with Gasteiger partial charge in [-0.05, 0) is 25.3 Å². The van der Waals surface area contributed by atoms with Gasteiger partial charge in [-0.2, -0.15) is 0 Å². The fraction of sp³-hybridized carbons (Fsp3) is 0.412. The number of hydrogen-bond donors (Lipinski definition) is 0. The molecule has 92 valence electrons. The summed E-state index contributed by atoms with van der Waals surface area (Å²) >= 11 is 0. The molecule has 0 aliphatic carbocycles. The highest BCUT2D eigenvalue weighted by molar-refractivity contribution is 5.52. The standard InChI is InChI=1S/C17H24/c1-3-4-5-6-8-11-16(2)14-15-17-12-9-7-10-13-17/h7,9-15H,3-6,8H2,1-2H3/b15-14+,16-11-. The minimum absolute atomic E-state index is 1.21. The van der Waals surface area contributed by atoms with E-state index in [2.05, 4.69) is 56.3 Å². The third kappa shape index (κ3) is 6.78. The Bertz CT molecular complexity index is 344. The van der Waals surface area contributed by atoms with Gasteiger partial charge in [0.15, 0.2) is 0 Å². The van der Waals surface area contributed by atoms with Gasteiger partial charge in [0.2, 0.25) is 0 Å². The normalized spacial score (nSPS) is 12.2. The molecule has 0 aliphatic heterocycles. The van der Waals surface area contributed by atoms with Crippen LogP contribution in [0.4, 0.5) is 0 Å². The molecule has 0 fully saturated rings. The van der Waals surface area contributed by atoms with Crippen LogP contribution in [0.2, 0.25) is 0 Å². The molecule has 0 radical (unpaired) electrons. The van der Waals surface area contributed by atoms with Crippen LogP contribution in [0, 0.1) is 0 Å². The Hall–Kier alpha value is -1.30. The van der Waals surface area contributed by atoms with Crippen LogP contribution in [0.15, 0.2) is 48.1 Å². The van der Waals surface area contributed by atoms with E-state index < -0.39 is 0 Å². The van der Waals surface area contributed by atoms with Crippen LogP contribution >= 0.6 is 0 Å². The van der Waals surface area contributed by atoms with Crippen molar-refractivity contribution in [1.29, 1.82) is 0 Å². The monoisotopic (exact) mass is 228 g/mol. The molecule has 0 unspecified atom stereocenters. The molecule has 17 heavy (non-hydrogen) atoms. The van der Waals surface area contributed by atoms with Crippen LogP contribution in [0.5, 0.6) is 0 Å². The first-order valence-corrected chi connectivity index (χ1v) is 6.73. The topological polar surface area (TPSA) is 0 Å². The van der Waals surface area contributed by atoms with E-state index in [1.807, 2.05) is 6.07 Å². The molecule has 0 N–H and O–H groups in total. The van der Waals surface area contributed by atoms with Gasteiger partial charge in [0, 0.05) is 0 Å². The van der Waals surface area contributed by atoms with Crippen molar-refractivity contribution < 1.29 is 0 Å². The van der Waals surface area contributed by atoms with E-state index in [-0.39, 0.29) is 0 Å². The van der Waals surface area contributed by atoms with E-state index in [9.17, 15) is 0 Å². The molecule has 0 saturated carbocycles. The lowest BCUT2D eigenvalue weighted by Crippen LogP contribution is -1.76. The quantitative estimate of drug-likeness (QED) is 0.420. The maximum atomic E-state index is 2.34. The zero-order valence-electron chi connectivity index (χ0n) is 11.2. The van der Waals surface area contributed by atoms with Crippen molar-refractivity contribution in [3.05, 3.63) is 53.6 Å². The highest BCUT2D eigenvalue weighted by Gasteiger charge is 1.87. The summed E-state index contributed by atoms with van der Waals surface area (Å²) in [4.78, 5) is 0. The molecule has 0 aliphatic rings. The minimum atomic E-state index is 1.21. The number of unbranched alkanes of at least 4 members (excludes halogenated alkanes) is 4. The van der Waals surface area contributed by atoms with Gasteiger partial charge in [-0.15, -0.1) is 0 Å². The molecule has 0 heteroatoms. The summed E-state index contributed by atoms with van der Waals surface area (Å²) in [6.45, 7) is 4.43. The van der Waals surface area contributed by atoms with Gasteiger partial charge in [-0.25, -0.2) is 0 Å². The van der Waals surface area contributed by atoms with Gasteiger partial charge < -0.3 is 0 Å². The molecule has 0 atom stereocenters. The van der Waals surface area contributed by atoms with Gasteiger partial charge in [-0.3, -0.25) is 0 Å². The van der Waals surface area contributed by atoms with E-state index in [4.69, 9.17) is 0 Å². The van der Waals surface area contributed by atoms with Crippen molar-refractivity contribution in [1.82, 2.24) is 0 Å². The van der Waals surface area contributed by atoms with Gasteiger partial charge >= 0.3 is 0 Å². The summed E-state index contributed by atoms with van der Waals surface area (Å²) in [7, 11) is 0. The molecule has 0 nitrogen and oxygen atoms in total. The predicted molar refractivity (Wildman–Crippen MR) is 78.0 cm³/mol. The van der Waals surface area contributed by atoms with Crippen molar-refractivity contribution in [2.75, 3.05) is 0 Å². The van der Waals surface area contributed by atoms with Gasteiger partial charge in [0.25, 0.3) is 0 Å². The predicted octanol–water partition coefficient (Wildman–Crippen LogP) is 5.62. The Morgan fingerprint density at radius 2 is 1.82 bits per heavy atom. The van der Waals surface area contributed by atoms with Crippen molar-refractivity contribution in [2.45, 2.75) is 46.0 Å². The maximum Gasteiger partial charge on any atom is -0.0257 e. The van der Waals surface area contributed by atoms with Crippen LogP contribution in [-0.4, -0.2) is 0 Å². The fourth-order valence-corrected chi connectivity index (χ4v) is 1.76. The molecular weight excluding hydrogens is 204 g/mol. The first-order valence-electron chi connectivity index (χ1n) is 6.73. The van der Waals surface area contributed by atoms with Gasteiger partial charge in [0.05, 0.1) is 0 Å². The second-order valence-corrected chi connectivity index (χ2v) is 4.54. The summed E-state index contributed by atoms with van der Waals surface area (Å²) in [5, 5.41) is 0. The Morgan fingerprint density at radius 1 is 1.06 bits per heavy atom. The Morgan fingerprint density at radius 3 is 2.53 bits per heavy atom. The van der Waals surface area contributed by atoms with E-state index in [1.54, 1.807) is 0 Å². The van der Waals surface area contributed by atoms with Crippen molar-refractivity contribution in [2.24, 2.45) is 0 Å². The van der Waals surface area contributed by atoms with Crippen LogP contribution in [0.25, 0.3) is 6.08 Å². The Labute approximate surface area is 106 Å². The van der Waals surface area contributed by atoms with Crippen molar-refractivity contribution >= 4 is 6.08 Å². The molecule has 0 saturated heterocycles. The summed E-state index contributed by atoms with van der Waals surface area (Å²) in [5.74, 6) is 0. The average molecular weight is 228 g/mol. The highest BCUT2D eigenvalue weighted by Crippen LogP contribution is 2.08. The molecule has 0 heterocycles. The van der Waals surface area contributed by atoms with Crippen molar-refractivity contribution in [3.63, 3.8) is 0 Å². The van der Waals surface area contributed by atoms with Crippen LogP contribution < -0.4 is 0 Å². The van der Waals surface area contributed by atoms with Crippen LogP contribution in [0.3, 0.4) is 0 Å². The van der Waals surface area contributed by atoms with Crippen molar-refractivity contribution in [3.8, 4) is 0 Å². The Balaban J connectivity index is 2.30. The zero-order valence-corrected chi connectivity index (χ0v) is 11.2. The lowest BCUT2D eigenvalue weighted by Gasteiger charge is -1.96. The van der Waals surface area contributed by atoms with E-state index >= 15 is 0 Å². The second kappa shape index (κ2) is 8.81. The summed E-state index contributed by atoms with van der Waals surface area (Å²) < 4.78 is 0. The maximum absolute atomic E-state index is 2.34. The average Bonchev–Trinajstić information content (AvgIpc) is 2.37. The highest BCUT2D eigenvalue weighted by atomic mass is 13.9. The lowest BCUT2D eigenvalue weighted by atomic mass is 10.1. The zero-order chi connectivity index (χ0) is 12.3. The summed E-state index contributed by atoms with van der Waals surface area (Å²) in [6, 6.07) is 10.5. The number of allylic oxidation sites excluding steroid dienone is 3. The van der Waals surface area contributed by atoms with Gasteiger partial charge in [0.1, 0.15) is 0 Å². The number of hydrogen-bond acceptors (Lipinski definition) is 0. The molecule has 1 rings (SSSR count). The fourth-order valence-electron chi connectivity index (χ4n) is 1.76. The number of benzene rings is 1. The molecule has 1 aromatic carbocycles. The first-order chi connectivity index (χ1) is 8.33. The van der Waals surface area contributed by atoms with E-state index in [0.717, 1.165) is 0 Å². The van der Waals surface area contributed by atoms with Gasteiger partial charge in [-0.1, -0.05) is 80.3 Å². The Kier molecular flexibility index (Phi) is 7.13. The van der Waals surface area contributed by atoms with E-state index in [1.165, 1.54) is 43.2 Å². The lowest BCUT2D eigenvalue weighted by molar-refractivity contribution is 0.674. The first kappa shape index (κ1) is 13.8. The largest absolute Gasteiger partial charge is 0.0816 e. The molecule has 0 amide bonds. The second-order valence-electron chi connectivity index (χ2n) is 4.54. The molecule has 0 bridgehead atoms. The van der Waals surface area contributed by atoms with Crippen LogP contribution in [0.1, 0.15) is 51.5 Å². The smallest absolute Gasteiger partial charge is 0.0257 e. The minimum Gasteiger partial charge on any atom is -0.0816 e. The SMILES string of the molecule is CCCCCC/C=C(C)\C=C\c1ccccc1. The molecule has 0 spiro atoms. The number of rotatable bonds is 7. The van der Waals surface area contributed by atoms with Crippen LogP contribution in [-0.2, 0) is 0 Å². The summed E-state index contributed by atoms with van der Waals surface area (Å²) in [6.07, 6.45) is 13.3. The molecule has 0 aromatic heterocycles. The third-order valence-electron chi connectivity index (χ3n) is 2.86. The van der Waals surface area contributed by atoms with E-state index in [0.29, 0.717) is 0 Å². The molecule has 1 aromatic rings. The molecular formula is C17H24. The third-order valence-corrected chi connectivity index (χ3v) is 2.86.